The molecule has 26 nitrogen and oxygen atoms in total. The summed E-state index contributed by atoms with van der Waals surface area (Å²) in [5.41, 5.74) is 2.01. The minimum atomic E-state index is -5.51. The lowest BCUT2D eigenvalue weighted by Crippen LogP contribution is -2.05. The fraction of sp³-hybridized carbons (Fsp3) is 0. The van der Waals surface area contributed by atoms with Crippen LogP contribution in [-0.4, -0.2) is 84.9 Å². The molecule has 10 N–H and O–H groups in total. The molecule has 0 radical (unpaired) electrons. The first-order chi connectivity index (χ1) is 31.1. The lowest BCUT2D eigenvalue weighted by Gasteiger charge is -2.14. The molecule has 0 amide bonds. The van der Waals surface area contributed by atoms with Gasteiger partial charge in [0, 0.05) is 22.1 Å². The SMILES string of the molecule is Nc1c(N=Nc2cc(Nc3nc(Cl)nc(Nc4ccccc4)n3)ccc2S(=O)(=O)O)c(S(=O)(=O)O)cc2cc(S(=O)(=O)O)c(N=Nc3ccc4c(S(=O)(=O)O)cccc4c3S(=O)(=O)O)c(O)c12. The fourth-order valence-electron chi connectivity index (χ4n) is 6.31. The van der Waals surface area contributed by atoms with Gasteiger partial charge in [0.2, 0.25) is 17.2 Å². The van der Waals surface area contributed by atoms with Crippen molar-refractivity contribution in [2.75, 3.05) is 16.4 Å². The summed E-state index contributed by atoms with van der Waals surface area (Å²) in [6.07, 6.45) is 0. The summed E-state index contributed by atoms with van der Waals surface area (Å²) in [6, 6.07) is 17.1. The third-order valence-corrected chi connectivity index (χ3v) is 13.7. The van der Waals surface area contributed by atoms with Crippen LogP contribution in [0.4, 0.5) is 51.7 Å². The van der Waals surface area contributed by atoms with Crippen molar-refractivity contribution in [1.29, 1.82) is 0 Å². The highest BCUT2D eigenvalue weighted by Gasteiger charge is 2.29. The van der Waals surface area contributed by atoms with Crippen molar-refractivity contribution < 1.29 is 70.0 Å². The Morgan fingerprint density at radius 2 is 1.06 bits per heavy atom. The number of nitrogens with one attached hydrogen (secondary N) is 2. The molecule has 0 aliphatic rings. The number of hydrogen-bond donors (Lipinski definition) is 9. The molecule has 67 heavy (non-hydrogen) atoms. The average molecular weight is 1040 g/mol. The third kappa shape index (κ3) is 10.2. The summed E-state index contributed by atoms with van der Waals surface area (Å²) in [5.74, 6) is -1.57. The van der Waals surface area contributed by atoms with Crippen molar-refractivity contribution in [3.8, 4) is 5.75 Å². The largest absolute Gasteiger partial charge is 0.505 e. The van der Waals surface area contributed by atoms with Crippen molar-refractivity contribution >= 4 is 135 Å². The summed E-state index contributed by atoms with van der Waals surface area (Å²) in [4.78, 5) is 6.70. The maximum Gasteiger partial charge on any atom is 0.297 e. The highest BCUT2D eigenvalue weighted by molar-refractivity contribution is 7.87. The number of benzene rings is 6. The summed E-state index contributed by atoms with van der Waals surface area (Å²) < 4.78 is 175. The first-order valence-corrected chi connectivity index (χ1v) is 25.2. The molecular formula is C35H25ClN10O16S5. The quantitative estimate of drug-likeness (QED) is 0.0330. The number of hydrogen-bond acceptors (Lipinski definition) is 21. The monoisotopic (exact) mass is 1040 g/mol. The zero-order chi connectivity index (χ0) is 49.0. The van der Waals surface area contributed by atoms with E-state index < -0.39 is 131 Å². The Balaban J connectivity index is 1.38. The van der Waals surface area contributed by atoms with Crippen molar-refractivity contribution in [2.45, 2.75) is 24.5 Å². The molecule has 0 saturated heterocycles. The van der Waals surface area contributed by atoms with Crippen LogP contribution < -0.4 is 16.4 Å². The number of halogens is 1. The van der Waals surface area contributed by atoms with Gasteiger partial charge in [-0.05, 0) is 71.6 Å². The van der Waals surface area contributed by atoms with E-state index in [1.54, 1.807) is 30.3 Å². The molecule has 0 bridgehead atoms. The summed E-state index contributed by atoms with van der Waals surface area (Å²) in [5, 5.41) is 29.1. The van der Waals surface area contributed by atoms with Crippen molar-refractivity contribution in [1.82, 2.24) is 15.0 Å². The second kappa shape index (κ2) is 17.4. The molecule has 0 atom stereocenters. The summed E-state index contributed by atoms with van der Waals surface area (Å²) in [7, 11) is -26.5. The molecule has 6 aromatic carbocycles. The van der Waals surface area contributed by atoms with Crippen molar-refractivity contribution in [3.05, 3.63) is 96.3 Å². The van der Waals surface area contributed by atoms with Crippen LogP contribution in [0.15, 0.2) is 136 Å². The number of aromatic hydroxyl groups is 1. The maximum absolute atomic E-state index is 12.7. The van der Waals surface area contributed by atoms with Crippen LogP contribution in [0, 0.1) is 0 Å². The van der Waals surface area contributed by atoms with E-state index in [1.807, 2.05) is 0 Å². The lowest BCUT2D eigenvalue weighted by atomic mass is 10.1. The van der Waals surface area contributed by atoms with E-state index in [0.717, 1.165) is 48.5 Å². The molecule has 1 aromatic heterocycles. The molecule has 7 rings (SSSR count). The zero-order valence-electron chi connectivity index (χ0n) is 32.6. The van der Waals surface area contributed by atoms with Gasteiger partial charge in [0.15, 0.2) is 5.75 Å². The van der Waals surface area contributed by atoms with E-state index >= 15 is 0 Å². The smallest absolute Gasteiger partial charge is 0.297 e. The normalized spacial score (nSPS) is 12.9. The second-order valence-corrected chi connectivity index (χ2v) is 20.7. The minimum absolute atomic E-state index is 0.0299. The third-order valence-electron chi connectivity index (χ3n) is 9.00. The lowest BCUT2D eigenvalue weighted by molar-refractivity contribution is 0.472. The molecule has 7 aromatic rings. The van der Waals surface area contributed by atoms with Crippen molar-refractivity contribution in [3.63, 3.8) is 0 Å². The first kappa shape index (κ1) is 48.0. The van der Waals surface area contributed by atoms with Crippen LogP contribution in [-0.2, 0) is 50.6 Å². The number of nitrogen functional groups attached to an aromatic ring is 1. The number of phenols is 1. The summed E-state index contributed by atoms with van der Waals surface area (Å²) >= 11 is 6.09. The molecule has 0 aliphatic carbocycles. The second-order valence-electron chi connectivity index (χ2n) is 13.4. The van der Waals surface area contributed by atoms with E-state index in [-0.39, 0.29) is 22.9 Å². The molecular weight excluding hydrogens is 1010 g/mol. The molecule has 0 aliphatic heterocycles. The number of nitrogens with zero attached hydrogens (tertiary/aromatic N) is 7. The number of aromatic nitrogens is 3. The van der Waals surface area contributed by atoms with Gasteiger partial charge in [0.05, 0.1) is 11.1 Å². The highest BCUT2D eigenvalue weighted by Crippen LogP contribution is 2.49. The molecule has 0 spiro atoms. The highest BCUT2D eigenvalue weighted by atomic mass is 35.5. The molecule has 348 valence electrons. The maximum atomic E-state index is 12.7. The van der Waals surface area contributed by atoms with E-state index in [2.05, 4.69) is 46.0 Å². The zero-order valence-corrected chi connectivity index (χ0v) is 37.4. The van der Waals surface area contributed by atoms with Crippen LogP contribution in [0.3, 0.4) is 0 Å². The Labute approximate surface area is 381 Å². The van der Waals surface area contributed by atoms with Gasteiger partial charge in [0.25, 0.3) is 50.6 Å². The van der Waals surface area contributed by atoms with Gasteiger partial charge < -0.3 is 21.5 Å². The number of nitrogens with two attached hydrogens (primary N) is 1. The van der Waals surface area contributed by atoms with E-state index in [4.69, 9.17) is 17.3 Å². The van der Waals surface area contributed by atoms with Gasteiger partial charge in [-0.1, -0.05) is 36.4 Å². The average Bonchev–Trinajstić information content (AvgIpc) is 3.20. The molecule has 32 heteroatoms. The number of anilines is 5. The Morgan fingerprint density at radius 1 is 0.507 bits per heavy atom. The van der Waals surface area contributed by atoms with Gasteiger partial charge in [-0.2, -0.15) is 57.0 Å². The van der Waals surface area contributed by atoms with Crippen molar-refractivity contribution in [2.24, 2.45) is 20.5 Å². The van der Waals surface area contributed by atoms with Crippen LogP contribution in [0.5, 0.6) is 5.75 Å². The standard InChI is InChI=1S/C35H25ClN10O16S5/c36-33-40-34(38-17-5-2-1-3-6-17)42-35(41-33)39-18-9-12-24(64(51,52)53)22(15-18)44-45-29-25(65(54,55)56)13-16-14-26(66(57,58)59)30(31(47)27(16)28(29)37)46-43-21-11-10-19-20(32(21)67(60,61)62)7-4-8-23(19)63(48,49)50/h1-15,47H,37H2,(H,48,49,50)(H,51,52,53)(H,54,55,56)(H,57,58,59)(H,60,61,62)(H2,38,39,40,41,42). The van der Waals surface area contributed by atoms with Gasteiger partial charge >= 0.3 is 0 Å². The van der Waals surface area contributed by atoms with Crippen LogP contribution >= 0.6 is 11.6 Å². The number of para-hydroxylation sites is 1. The molecule has 0 saturated carbocycles. The predicted octanol–water partition coefficient (Wildman–Crippen LogP) is 6.67. The Morgan fingerprint density at radius 3 is 1.64 bits per heavy atom. The molecule has 0 fully saturated rings. The van der Waals surface area contributed by atoms with Gasteiger partial charge in [-0.15, -0.1) is 20.5 Å². The Kier molecular flexibility index (Phi) is 12.5. The van der Waals surface area contributed by atoms with E-state index in [0.29, 0.717) is 17.8 Å². The van der Waals surface area contributed by atoms with Gasteiger partial charge in [0.1, 0.15) is 47.2 Å². The van der Waals surface area contributed by atoms with Crippen LogP contribution in [0.25, 0.3) is 21.5 Å². The minimum Gasteiger partial charge on any atom is -0.505 e. The van der Waals surface area contributed by atoms with E-state index in [9.17, 15) is 70.0 Å². The molecule has 0 unspecified atom stereocenters. The van der Waals surface area contributed by atoms with Gasteiger partial charge in [-0.3, -0.25) is 22.8 Å². The number of rotatable bonds is 13. The number of azo groups is 2. The Hall–Kier alpha value is -6.91. The number of fused-ring (bicyclic) bond motifs is 2. The first-order valence-electron chi connectivity index (χ1n) is 17.6. The summed E-state index contributed by atoms with van der Waals surface area (Å²) in [6.45, 7) is 0. The number of phenolic OH excluding ortho intramolecular Hbond substituents is 1. The van der Waals surface area contributed by atoms with E-state index in [1.165, 1.54) is 0 Å². The topological polar surface area (TPSA) is 430 Å². The van der Waals surface area contributed by atoms with Gasteiger partial charge in [-0.25, -0.2) is 0 Å². The molecule has 1 heterocycles. The fourth-order valence-corrected chi connectivity index (χ4v) is 9.94. The predicted molar refractivity (Wildman–Crippen MR) is 236 cm³/mol. The van der Waals surface area contributed by atoms with Crippen LogP contribution in [0.1, 0.15) is 0 Å². The van der Waals surface area contributed by atoms with Crippen LogP contribution in [0.2, 0.25) is 5.28 Å². The Bertz CT molecular complexity index is 3890.